The number of aliphatic hydroxyl groups excluding tert-OH is 6. The number of rotatable bonds is 9. The molecule has 1 aromatic carbocycles. The normalized spacial score (nSPS) is 48.0. The fourth-order valence-corrected chi connectivity index (χ4v) is 12.8. The number of aliphatic hydroxyl groups is 6. The molecule has 7 N–H and O–H groups in total. The van der Waals surface area contributed by atoms with Gasteiger partial charge in [0.05, 0.1) is 30.5 Å². The molecule has 0 radical (unpaired) electrons. The van der Waals surface area contributed by atoms with Crippen LogP contribution < -0.4 is 0 Å². The minimum atomic E-state index is -1.76. The number of hydrogen-bond donors (Lipinski definition) is 7. The van der Waals surface area contributed by atoms with E-state index in [1.807, 2.05) is 13.8 Å². The lowest BCUT2D eigenvalue weighted by Gasteiger charge is -2.58. The summed E-state index contributed by atoms with van der Waals surface area (Å²) in [5, 5.41) is 75.2. The largest absolute Gasteiger partial charge is 0.508 e. The SMILES string of the molecule is CC(C)=C[C@H]1[C@H](C)[C@@H]2[C@H](C[C@@H]3[C@H]4CC=C5C[C@H](O[C@@H]6O[C@@H](CO)[C@H](O)[C@H](O)[C@@H]6O[C@@H]6O[C@@H](C)[C@@H](OC(=O)c7ccc(O)cc7)[C@@H](O)[C@@H]6O)CC[C@@]5(C)[C@@H]4CC[C@@]23C=O)O[C@@H]1O. The fraction of sp³-hybridized carbons (Fsp3) is 0.739. The van der Waals surface area contributed by atoms with Gasteiger partial charge >= 0.3 is 5.97 Å². The van der Waals surface area contributed by atoms with Gasteiger partial charge in [0.1, 0.15) is 48.7 Å². The van der Waals surface area contributed by atoms with Crippen LogP contribution >= 0.6 is 0 Å². The molecule has 0 spiro atoms. The summed E-state index contributed by atoms with van der Waals surface area (Å²) < 4.78 is 36.4. The predicted octanol–water partition coefficient (Wildman–Crippen LogP) is 2.90. The van der Waals surface area contributed by atoms with Gasteiger partial charge < -0.3 is 69.0 Å². The third-order valence-electron chi connectivity index (χ3n) is 15.9. The van der Waals surface area contributed by atoms with Crippen molar-refractivity contribution >= 4 is 12.3 Å². The van der Waals surface area contributed by atoms with Crippen molar-refractivity contribution in [1.29, 1.82) is 0 Å². The van der Waals surface area contributed by atoms with E-state index in [1.54, 1.807) is 0 Å². The van der Waals surface area contributed by atoms with Gasteiger partial charge in [-0.2, -0.15) is 0 Å². The van der Waals surface area contributed by atoms with Crippen LogP contribution in [0.1, 0.15) is 89.9 Å². The molecule has 4 aliphatic carbocycles. The summed E-state index contributed by atoms with van der Waals surface area (Å²) in [6.45, 7) is 9.45. The maximum atomic E-state index is 13.3. The lowest BCUT2D eigenvalue weighted by atomic mass is 9.46. The van der Waals surface area contributed by atoms with Gasteiger partial charge in [0.15, 0.2) is 25.0 Å². The average molecular weight is 857 g/mol. The first kappa shape index (κ1) is 44.8. The Balaban J connectivity index is 0.957. The molecule has 3 saturated carbocycles. The van der Waals surface area contributed by atoms with Crippen LogP contribution in [0.3, 0.4) is 0 Å². The molecule has 61 heavy (non-hydrogen) atoms. The number of hydrogen-bond acceptors (Lipinski definition) is 15. The van der Waals surface area contributed by atoms with Crippen LogP contribution in [0, 0.1) is 46.3 Å². The Morgan fingerprint density at radius 1 is 0.885 bits per heavy atom. The van der Waals surface area contributed by atoms with E-state index in [0.29, 0.717) is 18.8 Å². The van der Waals surface area contributed by atoms with Crippen molar-refractivity contribution in [2.45, 2.75) is 159 Å². The number of esters is 1. The lowest BCUT2D eigenvalue weighted by Crippen LogP contribution is -2.64. The number of benzene rings is 1. The van der Waals surface area contributed by atoms with E-state index in [1.165, 1.54) is 43.0 Å². The number of fused-ring (bicyclic) bond motifs is 7. The number of allylic oxidation sites excluding steroid dienone is 2. The van der Waals surface area contributed by atoms with Crippen molar-refractivity contribution in [3.63, 3.8) is 0 Å². The highest BCUT2D eigenvalue weighted by molar-refractivity contribution is 5.89. The van der Waals surface area contributed by atoms with Crippen molar-refractivity contribution in [3.05, 3.63) is 53.1 Å². The van der Waals surface area contributed by atoms with Crippen LogP contribution in [0.15, 0.2) is 47.6 Å². The zero-order valence-corrected chi connectivity index (χ0v) is 35.6. The summed E-state index contributed by atoms with van der Waals surface area (Å²) >= 11 is 0. The first-order valence-electron chi connectivity index (χ1n) is 22.1. The van der Waals surface area contributed by atoms with Crippen molar-refractivity contribution in [2.24, 2.45) is 46.3 Å². The predicted molar refractivity (Wildman–Crippen MR) is 215 cm³/mol. The first-order valence-corrected chi connectivity index (χ1v) is 22.1. The molecule has 15 heteroatoms. The highest BCUT2D eigenvalue weighted by atomic mass is 16.8. The topological polar surface area (TPSA) is 231 Å². The molecule has 8 rings (SSSR count). The minimum absolute atomic E-state index is 0.0340. The molecule has 0 unspecified atom stereocenters. The molecule has 3 aliphatic heterocycles. The fourth-order valence-electron chi connectivity index (χ4n) is 12.8. The molecule has 0 aromatic heterocycles. The summed E-state index contributed by atoms with van der Waals surface area (Å²) in [6.07, 6.45) is -5.06. The molecule has 15 nitrogen and oxygen atoms in total. The molecule has 1 aromatic rings. The van der Waals surface area contributed by atoms with E-state index in [2.05, 4.69) is 26.0 Å². The van der Waals surface area contributed by atoms with Crippen molar-refractivity contribution in [3.8, 4) is 5.75 Å². The number of ether oxygens (including phenoxy) is 6. The maximum Gasteiger partial charge on any atom is 0.338 e. The van der Waals surface area contributed by atoms with Crippen LogP contribution in [0.5, 0.6) is 5.75 Å². The maximum absolute atomic E-state index is 13.3. The van der Waals surface area contributed by atoms with Gasteiger partial charge in [-0.15, -0.1) is 0 Å². The van der Waals surface area contributed by atoms with Crippen LogP contribution in [-0.2, 0) is 33.2 Å². The molecule has 3 saturated heterocycles. The van der Waals surface area contributed by atoms with Gasteiger partial charge in [0, 0.05) is 17.3 Å². The van der Waals surface area contributed by atoms with Crippen molar-refractivity contribution in [2.75, 3.05) is 6.61 Å². The first-order chi connectivity index (χ1) is 29.0. The number of aromatic hydroxyl groups is 1. The molecule has 6 fully saturated rings. The molecule has 0 amide bonds. The van der Waals surface area contributed by atoms with Gasteiger partial charge in [-0.3, -0.25) is 0 Å². The Morgan fingerprint density at radius 3 is 2.30 bits per heavy atom. The smallest absolute Gasteiger partial charge is 0.338 e. The molecular weight excluding hydrogens is 792 g/mol. The third kappa shape index (κ3) is 7.83. The Morgan fingerprint density at radius 2 is 1.61 bits per heavy atom. The molecule has 0 bridgehead atoms. The summed E-state index contributed by atoms with van der Waals surface area (Å²) in [4.78, 5) is 26.2. The Kier molecular flexibility index (Phi) is 12.7. The van der Waals surface area contributed by atoms with Crippen molar-refractivity contribution < 1.29 is 73.8 Å². The number of aldehydes is 1. The van der Waals surface area contributed by atoms with Gasteiger partial charge in [0.25, 0.3) is 0 Å². The average Bonchev–Trinajstić information content (AvgIpc) is 3.57. The number of phenolic OH excluding ortho intramolecular Hbond substituents is 1. The van der Waals surface area contributed by atoms with Gasteiger partial charge in [-0.05, 0) is 119 Å². The number of carbonyl (C=O) groups excluding carboxylic acids is 2. The second-order valence-corrected chi connectivity index (χ2v) is 19.5. The lowest BCUT2D eigenvalue weighted by molar-refractivity contribution is -0.369. The van der Waals surface area contributed by atoms with Crippen LogP contribution in [0.4, 0.5) is 0 Å². The van der Waals surface area contributed by atoms with Crippen molar-refractivity contribution in [1.82, 2.24) is 0 Å². The molecule has 338 valence electrons. The van der Waals surface area contributed by atoms with Gasteiger partial charge in [-0.1, -0.05) is 37.1 Å². The highest BCUT2D eigenvalue weighted by Gasteiger charge is 2.66. The Bertz CT molecular complexity index is 1820. The van der Waals surface area contributed by atoms with E-state index < -0.39 is 91.8 Å². The standard InChI is InChI=1S/C46H64O15/c1-21(2)16-29-22(3)34-32(58-42(29)55)18-31-28-11-8-25-17-27(12-14-45(25,5)30(28)13-15-46(31,34)20-48)57-44-40(36(51)35(50)33(19-47)59-44)61-43-38(53)37(52)39(23(4)56-43)60-41(54)24-6-9-26(49)10-7-24/h6-10,16,20,22-23,27-40,42-44,47,49-53,55H,11-15,17-19H2,1-5H3/t22-,23-,27+,28-,29-,30+,31+,32-,33-,34+,35-,36-,37-,38-,39+,40-,42-,43-,44+,45+,46-/m0/s1. The summed E-state index contributed by atoms with van der Waals surface area (Å²) in [7, 11) is 0. The van der Waals surface area contributed by atoms with Gasteiger partial charge in [-0.25, -0.2) is 4.79 Å². The number of phenols is 1. The zero-order chi connectivity index (χ0) is 43.7. The number of carbonyl (C=O) groups is 2. The van der Waals surface area contributed by atoms with Crippen LogP contribution in [-0.4, -0.2) is 135 Å². The molecule has 7 aliphatic rings. The molecule has 3 heterocycles. The quantitative estimate of drug-likeness (QED) is 0.108. The summed E-state index contributed by atoms with van der Waals surface area (Å²) in [5.41, 5.74) is 1.82. The second kappa shape index (κ2) is 17.3. The van der Waals surface area contributed by atoms with Crippen LogP contribution in [0.25, 0.3) is 0 Å². The van der Waals surface area contributed by atoms with E-state index in [4.69, 9.17) is 28.4 Å². The minimum Gasteiger partial charge on any atom is -0.508 e. The summed E-state index contributed by atoms with van der Waals surface area (Å²) in [5.74, 6) is -0.149. The van der Waals surface area contributed by atoms with E-state index >= 15 is 0 Å². The second-order valence-electron chi connectivity index (χ2n) is 19.5. The van der Waals surface area contributed by atoms with Crippen LogP contribution in [0.2, 0.25) is 0 Å². The van der Waals surface area contributed by atoms with E-state index in [9.17, 15) is 45.3 Å². The highest BCUT2D eigenvalue weighted by Crippen LogP contribution is 2.68. The van der Waals surface area contributed by atoms with E-state index in [0.717, 1.165) is 37.7 Å². The summed E-state index contributed by atoms with van der Waals surface area (Å²) in [6, 6.07) is 5.33. The molecular formula is C46H64O15. The third-order valence-corrected chi connectivity index (χ3v) is 15.9. The van der Waals surface area contributed by atoms with E-state index in [-0.39, 0.29) is 52.4 Å². The zero-order valence-electron chi connectivity index (χ0n) is 35.6. The Labute approximate surface area is 356 Å². The van der Waals surface area contributed by atoms with Gasteiger partial charge in [0.2, 0.25) is 0 Å². The monoisotopic (exact) mass is 856 g/mol. The molecule has 21 atom stereocenters. The Hall–Kier alpha value is -2.80.